The Morgan fingerprint density at radius 2 is 2.08 bits per heavy atom. The lowest BCUT2D eigenvalue weighted by atomic mass is 10.0. The Labute approximate surface area is 70.8 Å². The monoisotopic (exact) mass is 177 g/mol. The molecule has 0 aliphatic carbocycles. The first kappa shape index (κ1) is 9.88. The molecule has 12 heavy (non-hydrogen) atoms. The van der Waals surface area contributed by atoms with Crippen LogP contribution in [0.15, 0.2) is 0 Å². The topological polar surface area (TPSA) is 95.9 Å². The van der Waals surface area contributed by atoms with Crippen LogP contribution >= 0.6 is 0 Å². The lowest BCUT2D eigenvalue weighted by Gasteiger charge is -2.21. The van der Waals surface area contributed by atoms with Crippen molar-refractivity contribution in [1.29, 1.82) is 0 Å². The highest BCUT2D eigenvalue weighted by Gasteiger charge is 2.31. The Kier molecular flexibility index (Phi) is 3.42. The van der Waals surface area contributed by atoms with Crippen LogP contribution in [0.1, 0.15) is 6.42 Å². The quantitative estimate of drug-likeness (QED) is 0.365. The second-order valence-electron chi connectivity index (χ2n) is 3.10. The Balaban J connectivity index is 2.56. The van der Waals surface area contributed by atoms with E-state index in [4.69, 9.17) is 15.6 Å². The molecule has 1 saturated heterocycles. The summed E-state index contributed by atoms with van der Waals surface area (Å²) < 4.78 is 5.02. The summed E-state index contributed by atoms with van der Waals surface area (Å²) in [6.45, 7) is -0.155. The van der Waals surface area contributed by atoms with Gasteiger partial charge in [-0.15, -0.1) is 0 Å². The van der Waals surface area contributed by atoms with E-state index in [1.165, 1.54) is 0 Å². The van der Waals surface area contributed by atoms with Crippen molar-refractivity contribution in [3.63, 3.8) is 0 Å². The molecule has 0 aromatic rings. The molecule has 5 nitrogen and oxygen atoms in total. The lowest BCUT2D eigenvalue weighted by molar-refractivity contribution is -0.0686. The van der Waals surface area contributed by atoms with Crippen LogP contribution in [0.2, 0.25) is 0 Å². The standard InChI is InChI=1S/C7H15NO4/c8-5-1-4(10)3-12-6(2-9)7(5)11/h4-7,9-11H,1-3,8H2/t4-,5+,6-,7-/m1/s1. The zero-order chi connectivity index (χ0) is 9.14. The molecule has 0 amide bonds. The number of ether oxygens (including phenoxy) is 1. The zero-order valence-corrected chi connectivity index (χ0v) is 6.76. The van der Waals surface area contributed by atoms with Crippen molar-refractivity contribution in [1.82, 2.24) is 0 Å². The molecule has 0 aromatic heterocycles. The van der Waals surface area contributed by atoms with E-state index in [1.807, 2.05) is 0 Å². The molecule has 4 atom stereocenters. The van der Waals surface area contributed by atoms with E-state index in [9.17, 15) is 10.2 Å². The van der Waals surface area contributed by atoms with Gasteiger partial charge in [0.05, 0.1) is 25.4 Å². The highest BCUT2D eigenvalue weighted by Crippen LogP contribution is 2.13. The Hall–Kier alpha value is -0.200. The number of aliphatic hydroxyl groups excluding tert-OH is 3. The summed E-state index contributed by atoms with van der Waals surface area (Å²) in [4.78, 5) is 0. The van der Waals surface area contributed by atoms with E-state index < -0.39 is 24.4 Å². The van der Waals surface area contributed by atoms with Gasteiger partial charge in [-0.1, -0.05) is 0 Å². The summed E-state index contributed by atoms with van der Waals surface area (Å²) in [6.07, 6.45) is -1.91. The van der Waals surface area contributed by atoms with E-state index in [1.54, 1.807) is 0 Å². The van der Waals surface area contributed by atoms with Crippen LogP contribution in [0.3, 0.4) is 0 Å². The maximum Gasteiger partial charge on any atom is 0.108 e. The number of aliphatic hydroxyl groups is 3. The molecule has 0 spiro atoms. The first-order valence-electron chi connectivity index (χ1n) is 3.99. The lowest BCUT2D eigenvalue weighted by Crippen LogP contribution is -2.44. The van der Waals surface area contributed by atoms with Crippen molar-refractivity contribution in [2.24, 2.45) is 5.73 Å². The van der Waals surface area contributed by atoms with Crippen LogP contribution in [0, 0.1) is 0 Å². The fourth-order valence-corrected chi connectivity index (χ4v) is 1.29. The Morgan fingerprint density at radius 1 is 1.42 bits per heavy atom. The van der Waals surface area contributed by atoms with Crippen LogP contribution in [-0.2, 0) is 4.74 Å². The average molecular weight is 177 g/mol. The molecule has 0 bridgehead atoms. The minimum atomic E-state index is -0.896. The van der Waals surface area contributed by atoms with Gasteiger partial charge in [0.1, 0.15) is 6.10 Å². The maximum atomic E-state index is 9.41. The number of hydrogen-bond acceptors (Lipinski definition) is 5. The molecular weight excluding hydrogens is 162 g/mol. The molecular formula is C7H15NO4. The van der Waals surface area contributed by atoms with E-state index in [2.05, 4.69) is 0 Å². The largest absolute Gasteiger partial charge is 0.394 e. The molecule has 1 fully saturated rings. The molecule has 1 aliphatic rings. The molecule has 0 radical (unpaired) electrons. The van der Waals surface area contributed by atoms with Gasteiger partial charge in [-0.05, 0) is 6.42 Å². The highest BCUT2D eigenvalue weighted by atomic mass is 16.5. The summed E-state index contributed by atoms with van der Waals surface area (Å²) in [5, 5.41) is 27.4. The molecule has 1 aliphatic heterocycles. The normalized spacial score (nSPS) is 44.0. The first-order chi connectivity index (χ1) is 5.65. The Bertz CT molecular complexity index is 143. The predicted molar refractivity (Wildman–Crippen MR) is 41.4 cm³/mol. The van der Waals surface area contributed by atoms with Gasteiger partial charge in [-0.2, -0.15) is 0 Å². The zero-order valence-electron chi connectivity index (χ0n) is 6.76. The van der Waals surface area contributed by atoms with Crippen molar-refractivity contribution >= 4 is 0 Å². The van der Waals surface area contributed by atoms with Crippen LogP contribution in [-0.4, -0.2) is 52.9 Å². The van der Waals surface area contributed by atoms with Gasteiger partial charge in [0.2, 0.25) is 0 Å². The molecule has 1 heterocycles. The third kappa shape index (κ3) is 2.15. The van der Waals surface area contributed by atoms with E-state index in [0.717, 1.165) is 0 Å². The number of nitrogens with two attached hydrogens (primary N) is 1. The van der Waals surface area contributed by atoms with E-state index in [-0.39, 0.29) is 13.2 Å². The van der Waals surface area contributed by atoms with Gasteiger partial charge in [-0.3, -0.25) is 0 Å². The summed E-state index contributed by atoms with van der Waals surface area (Å²) >= 11 is 0. The molecule has 72 valence electrons. The maximum absolute atomic E-state index is 9.41. The third-order valence-corrected chi connectivity index (χ3v) is 2.05. The fourth-order valence-electron chi connectivity index (χ4n) is 1.29. The minimum absolute atomic E-state index is 0.121. The van der Waals surface area contributed by atoms with E-state index >= 15 is 0 Å². The van der Waals surface area contributed by atoms with Crippen molar-refractivity contribution in [3.8, 4) is 0 Å². The molecule has 0 saturated carbocycles. The third-order valence-electron chi connectivity index (χ3n) is 2.05. The van der Waals surface area contributed by atoms with Gasteiger partial charge in [0.25, 0.3) is 0 Å². The van der Waals surface area contributed by atoms with Crippen molar-refractivity contribution in [2.75, 3.05) is 13.2 Å². The van der Waals surface area contributed by atoms with Gasteiger partial charge in [-0.25, -0.2) is 0 Å². The molecule has 5 N–H and O–H groups in total. The molecule has 1 rings (SSSR count). The summed E-state index contributed by atoms with van der Waals surface area (Å²) in [5.74, 6) is 0. The van der Waals surface area contributed by atoms with Gasteiger partial charge >= 0.3 is 0 Å². The van der Waals surface area contributed by atoms with Gasteiger partial charge < -0.3 is 25.8 Å². The average Bonchev–Trinajstić information content (AvgIpc) is 2.14. The molecule has 0 unspecified atom stereocenters. The molecule has 5 heteroatoms. The summed E-state index contributed by atoms with van der Waals surface area (Å²) in [5.41, 5.74) is 5.53. The minimum Gasteiger partial charge on any atom is -0.394 e. The van der Waals surface area contributed by atoms with Crippen LogP contribution in [0.5, 0.6) is 0 Å². The first-order valence-corrected chi connectivity index (χ1v) is 3.99. The van der Waals surface area contributed by atoms with Crippen molar-refractivity contribution in [2.45, 2.75) is 30.8 Å². The van der Waals surface area contributed by atoms with Crippen molar-refractivity contribution in [3.05, 3.63) is 0 Å². The molecule has 0 aromatic carbocycles. The summed E-state index contributed by atoms with van der Waals surface area (Å²) in [7, 11) is 0. The van der Waals surface area contributed by atoms with E-state index in [0.29, 0.717) is 6.42 Å². The number of hydrogen-bond donors (Lipinski definition) is 4. The van der Waals surface area contributed by atoms with Crippen LogP contribution in [0.4, 0.5) is 0 Å². The Morgan fingerprint density at radius 3 is 2.67 bits per heavy atom. The predicted octanol–water partition coefficient (Wildman–Crippen LogP) is -2.18. The van der Waals surface area contributed by atoms with Gasteiger partial charge in [0, 0.05) is 6.04 Å². The van der Waals surface area contributed by atoms with Crippen LogP contribution < -0.4 is 5.73 Å². The fraction of sp³-hybridized carbons (Fsp3) is 1.00. The van der Waals surface area contributed by atoms with Crippen LogP contribution in [0.25, 0.3) is 0 Å². The SMILES string of the molecule is N[C@H]1C[C@@H](O)CO[C@H](CO)[C@@H]1O. The second kappa shape index (κ2) is 4.15. The number of rotatable bonds is 1. The van der Waals surface area contributed by atoms with Gasteiger partial charge in [0.15, 0.2) is 0 Å². The van der Waals surface area contributed by atoms with Crippen molar-refractivity contribution < 1.29 is 20.1 Å². The second-order valence-corrected chi connectivity index (χ2v) is 3.10. The smallest absolute Gasteiger partial charge is 0.108 e. The highest BCUT2D eigenvalue weighted by molar-refractivity contribution is 4.84. The summed E-state index contributed by atoms with van der Waals surface area (Å²) in [6, 6.07) is -0.528.